The first kappa shape index (κ1) is 19.4. The van der Waals surface area contributed by atoms with Crippen molar-refractivity contribution in [2.45, 2.75) is 26.7 Å². The van der Waals surface area contributed by atoms with Gasteiger partial charge in [0.1, 0.15) is 29.0 Å². The lowest BCUT2D eigenvalue weighted by molar-refractivity contribution is 0.102. The first-order valence-electron chi connectivity index (χ1n) is 8.81. The van der Waals surface area contributed by atoms with E-state index in [-0.39, 0.29) is 11.4 Å². The molecule has 1 amide bonds. The van der Waals surface area contributed by atoms with E-state index in [2.05, 4.69) is 34.4 Å². The van der Waals surface area contributed by atoms with Gasteiger partial charge >= 0.3 is 0 Å². The summed E-state index contributed by atoms with van der Waals surface area (Å²) in [7, 11) is 0. The minimum atomic E-state index is -0.858. The number of nitrogens with zero attached hydrogens (tertiary/aromatic N) is 2. The molecule has 0 unspecified atom stereocenters. The number of anilines is 3. The Morgan fingerprint density at radius 1 is 1.00 bits per heavy atom. The van der Waals surface area contributed by atoms with Crippen molar-refractivity contribution in [1.82, 2.24) is 9.97 Å². The second kappa shape index (κ2) is 8.12. The van der Waals surface area contributed by atoms with E-state index in [1.807, 2.05) is 24.3 Å². The van der Waals surface area contributed by atoms with Gasteiger partial charge in [-0.1, -0.05) is 32.0 Å². The third kappa shape index (κ3) is 4.49. The molecule has 0 aliphatic heterocycles. The predicted molar refractivity (Wildman–Crippen MR) is 105 cm³/mol. The fourth-order valence-corrected chi connectivity index (χ4v) is 2.78. The van der Waals surface area contributed by atoms with Crippen molar-refractivity contribution >= 4 is 23.1 Å². The summed E-state index contributed by atoms with van der Waals surface area (Å²) in [5.41, 5.74) is 1.94. The van der Waals surface area contributed by atoms with Crippen LogP contribution in [-0.2, 0) is 0 Å². The molecule has 3 rings (SSSR count). The SMILES string of the molecule is Cc1nc(Nc2ccccc2C(C)C)cc(C(=O)Nc2ccc(F)cc2F)n1. The fourth-order valence-electron chi connectivity index (χ4n) is 2.78. The molecule has 28 heavy (non-hydrogen) atoms. The van der Waals surface area contributed by atoms with Crippen molar-refractivity contribution in [3.63, 3.8) is 0 Å². The number of aromatic nitrogens is 2. The monoisotopic (exact) mass is 382 g/mol. The van der Waals surface area contributed by atoms with Gasteiger partial charge in [0.15, 0.2) is 0 Å². The molecule has 2 aromatic carbocycles. The molecular formula is C21H20F2N4O. The van der Waals surface area contributed by atoms with E-state index in [9.17, 15) is 13.6 Å². The number of para-hydroxylation sites is 1. The molecule has 7 heteroatoms. The van der Waals surface area contributed by atoms with Gasteiger partial charge in [0.25, 0.3) is 5.91 Å². The van der Waals surface area contributed by atoms with Crippen LogP contribution in [0.25, 0.3) is 0 Å². The van der Waals surface area contributed by atoms with Gasteiger partial charge in [-0.05, 0) is 36.6 Å². The van der Waals surface area contributed by atoms with E-state index < -0.39 is 17.5 Å². The number of carbonyl (C=O) groups is 1. The number of hydrogen-bond acceptors (Lipinski definition) is 4. The average molecular weight is 382 g/mol. The summed E-state index contributed by atoms with van der Waals surface area (Å²) in [6, 6.07) is 12.2. The second-order valence-corrected chi connectivity index (χ2v) is 6.63. The van der Waals surface area contributed by atoms with Crippen molar-refractivity contribution < 1.29 is 13.6 Å². The van der Waals surface area contributed by atoms with E-state index in [0.29, 0.717) is 23.6 Å². The maximum atomic E-state index is 13.8. The Morgan fingerprint density at radius 3 is 2.46 bits per heavy atom. The molecule has 0 aliphatic carbocycles. The largest absolute Gasteiger partial charge is 0.340 e. The Hall–Kier alpha value is -3.35. The summed E-state index contributed by atoms with van der Waals surface area (Å²) in [5.74, 6) is -1.05. The molecule has 0 saturated carbocycles. The highest BCUT2D eigenvalue weighted by Gasteiger charge is 2.14. The van der Waals surface area contributed by atoms with E-state index in [1.165, 1.54) is 6.07 Å². The number of carbonyl (C=O) groups excluding carboxylic acids is 1. The molecule has 0 fully saturated rings. The van der Waals surface area contributed by atoms with Crippen LogP contribution in [0.5, 0.6) is 0 Å². The zero-order chi connectivity index (χ0) is 20.3. The van der Waals surface area contributed by atoms with Crippen LogP contribution in [0.1, 0.15) is 41.6 Å². The molecule has 1 aromatic heterocycles. The Balaban J connectivity index is 1.86. The molecule has 144 valence electrons. The van der Waals surface area contributed by atoms with Gasteiger partial charge in [-0.2, -0.15) is 0 Å². The van der Waals surface area contributed by atoms with Gasteiger partial charge in [0.05, 0.1) is 5.69 Å². The van der Waals surface area contributed by atoms with Gasteiger partial charge < -0.3 is 10.6 Å². The van der Waals surface area contributed by atoms with E-state index in [4.69, 9.17) is 0 Å². The normalized spacial score (nSPS) is 10.8. The molecule has 5 nitrogen and oxygen atoms in total. The van der Waals surface area contributed by atoms with Gasteiger partial charge in [0, 0.05) is 17.8 Å². The number of halogens is 2. The van der Waals surface area contributed by atoms with Gasteiger partial charge in [-0.3, -0.25) is 4.79 Å². The maximum Gasteiger partial charge on any atom is 0.274 e. The number of rotatable bonds is 5. The highest BCUT2D eigenvalue weighted by Crippen LogP contribution is 2.26. The number of benzene rings is 2. The number of aryl methyl sites for hydroxylation is 1. The van der Waals surface area contributed by atoms with Crippen molar-refractivity contribution in [2.24, 2.45) is 0 Å². The fraction of sp³-hybridized carbons (Fsp3) is 0.190. The van der Waals surface area contributed by atoms with Crippen LogP contribution in [0, 0.1) is 18.6 Å². The van der Waals surface area contributed by atoms with Gasteiger partial charge in [-0.15, -0.1) is 0 Å². The first-order valence-corrected chi connectivity index (χ1v) is 8.81. The third-order valence-corrected chi connectivity index (χ3v) is 4.10. The molecule has 2 N–H and O–H groups in total. The lowest BCUT2D eigenvalue weighted by atomic mass is 10.0. The molecule has 0 bridgehead atoms. The summed E-state index contributed by atoms with van der Waals surface area (Å²) in [6.45, 7) is 5.83. The van der Waals surface area contributed by atoms with E-state index in [1.54, 1.807) is 6.92 Å². The van der Waals surface area contributed by atoms with Crippen LogP contribution in [0.3, 0.4) is 0 Å². The minimum absolute atomic E-state index is 0.0701. The second-order valence-electron chi connectivity index (χ2n) is 6.63. The molecular weight excluding hydrogens is 362 g/mol. The Morgan fingerprint density at radius 2 is 1.75 bits per heavy atom. The summed E-state index contributed by atoms with van der Waals surface area (Å²) in [6.07, 6.45) is 0. The quantitative estimate of drug-likeness (QED) is 0.638. The zero-order valence-corrected chi connectivity index (χ0v) is 15.8. The van der Waals surface area contributed by atoms with Crippen LogP contribution >= 0.6 is 0 Å². The molecule has 0 saturated heterocycles. The van der Waals surface area contributed by atoms with E-state index in [0.717, 1.165) is 23.4 Å². The van der Waals surface area contributed by atoms with Crippen LogP contribution < -0.4 is 10.6 Å². The lowest BCUT2D eigenvalue weighted by Gasteiger charge is -2.15. The van der Waals surface area contributed by atoms with Crippen molar-refractivity contribution in [1.29, 1.82) is 0 Å². The number of hydrogen-bond donors (Lipinski definition) is 2. The molecule has 0 aliphatic rings. The van der Waals surface area contributed by atoms with Crippen LogP contribution in [-0.4, -0.2) is 15.9 Å². The summed E-state index contributed by atoms with van der Waals surface area (Å²) < 4.78 is 26.8. The Labute approximate surface area is 161 Å². The van der Waals surface area contributed by atoms with Crippen LogP contribution in [0.15, 0.2) is 48.5 Å². The average Bonchev–Trinajstić information content (AvgIpc) is 2.63. The Bertz CT molecular complexity index is 1020. The van der Waals surface area contributed by atoms with Gasteiger partial charge in [0.2, 0.25) is 0 Å². The predicted octanol–water partition coefficient (Wildman–Crippen LogP) is 5.18. The maximum absolute atomic E-state index is 13.8. The Kier molecular flexibility index (Phi) is 5.63. The zero-order valence-electron chi connectivity index (χ0n) is 15.8. The smallest absolute Gasteiger partial charge is 0.274 e. The number of amides is 1. The van der Waals surface area contributed by atoms with Crippen molar-refractivity contribution in [2.75, 3.05) is 10.6 Å². The standard InChI is InChI=1S/C21H20F2N4O/c1-12(2)15-6-4-5-7-17(15)26-20-11-19(24-13(3)25-20)21(28)27-18-9-8-14(22)10-16(18)23/h4-12H,1-3H3,(H,27,28)(H,24,25,26). The molecule has 0 atom stereocenters. The summed E-state index contributed by atoms with van der Waals surface area (Å²) in [5, 5.41) is 5.62. The van der Waals surface area contributed by atoms with E-state index >= 15 is 0 Å². The lowest BCUT2D eigenvalue weighted by Crippen LogP contribution is -2.16. The molecule has 3 aromatic rings. The van der Waals surface area contributed by atoms with Crippen LogP contribution in [0.4, 0.5) is 26.0 Å². The topological polar surface area (TPSA) is 66.9 Å². The van der Waals surface area contributed by atoms with Crippen LogP contribution in [0.2, 0.25) is 0 Å². The molecule has 1 heterocycles. The molecule has 0 radical (unpaired) electrons. The van der Waals surface area contributed by atoms with Crippen molar-refractivity contribution in [3.05, 3.63) is 77.2 Å². The summed E-state index contributed by atoms with van der Waals surface area (Å²) >= 11 is 0. The third-order valence-electron chi connectivity index (χ3n) is 4.10. The highest BCUT2D eigenvalue weighted by atomic mass is 19.1. The first-order chi connectivity index (χ1) is 13.3. The van der Waals surface area contributed by atoms with Gasteiger partial charge in [-0.25, -0.2) is 18.7 Å². The highest BCUT2D eigenvalue weighted by molar-refractivity contribution is 6.03. The molecule has 0 spiro atoms. The summed E-state index contributed by atoms with van der Waals surface area (Å²) in [4.78, 5) is 20.9. The minimum Gasteiger partial charge on any atom is -0.340 e. The number of nitrogens with one attached hydrogen (secondary N) is 2. The van der Waals surface area contributed by atoms with Crippen molar-refractivity contribution in [3.8, 4) is 0 Å².